The van der Waals surface area contributed by atoms with Gasteiger partial charge in [-0.05, 0) is 38.1 Å². The third kappa shape index (κ3) is 2.34. The number of hydrogen-bond acceptors (Lipinski definition) is 3. The normalized spacial score (nSPS) is 13.0. The van der Waals surface area contributed by atoms with Crippen molar-refractivity contribution >= 4 is 11.0 Å². The number of aryl methyl sites for hydroxylation is 3. The summed E-state index contributed by atoms with van der Waals surface area (Å²) in [5.74, 6) is 0.601. The lowest BCUT2D eigenvalue weighted by Crippen LogP contribution is -2.05. The van der Waals surface area contributed by atoms with Crippen LogP contribution in [0.1, 0.15) is 28.8 Å². The van der Waals surface area contributed by atoms with E-state index in [0.29, 0.717) is 12.2 Å². The van der Waals surface area contributed by atoms with Crippen molar-refractivity contribution in [2.45, 2.75) is 26.4 Å². The average Bonchev–Trinajstić information content (AvgIpc) is 2.92. The molecule has 2 heterocycles. The first-order chi connectivity index (χ1) is 9.52. The number of aliphatic hydroxyl groups excluding tert-OH is 1. The van der Waals surface area contributed by atoms with Crippen LogP contribution in [0.3, 0.4) is 0 Å². The second kappa shape index (κ2) is 4.80. The standard InChI is InChI=1S/C16H18N2O2/c1-10-4-5-15-12(6-10)8-16(20-15)14(19)9-13-7-11(2)17-18(13)3/h4-8,14,19H,9H2,1-3H3. The van der Waals surface area contributed by atoms with E-state index in [-0.39, 0.29) is 0 Å². The number of benzene rings is 1. The van der Waals surface area contributed by atoms with Crippen molar-refractivity contribution in [3.8, 4) is 0 Å². The van der Waals surface area contributed by atoms with Crippen molar-refractivity contribution in [3.05, 3.63) is 53.0 Å². The fourth-order valence-corrected chi connectivity index (χ4v) is 2.50. The zero-order valence-electron chi connectivity index (χ0n) is 11.9. The van der Waals surface area contributed by atoms with E-state index in [1.165, 1.54) is 5.56 Å². The molecule has 0 fully saturated rings. The summed E-state index contributed by atoms with van der Waals surface area (Å²) in [4.78, 5) is 0. The zero-order valence-corrected chi connectivity index (χ0v) is 11.9. The number of rotatable bonds is 3. The topological polar surface area (TPSA) is 51.2 Å². The third-order valence-corrected chi connectivity index (χ3v) is 3.52. The van der Waals surface area contributed by atoms with Crippen molar-refractivity contribution in [2.24, 2.45) is 7.05 Å². The van der Waals surface area contributed by atoms with Gasteiger partial charge in [-0.25, -0.2) is 0 Å². The predicted molar refractivity (Wildman–Crippen MR) is 77.6 cm³/mol. The molecule has 0 saturated carbocycles. The van der Waals surface area contributed by atoms with Gasteiger partial charge >= 0.3 is 0 Å². The van der Waals surface area contributed by atoms with Crippen LogP contribution in [-0.4, -0.2) is 14.9 Å². The lowest BCUT2D eigenvalue weighted by Gasteiger charge is -2.07. The van der Waals surface area contributed by atoms with Crippen molar-refractivity contribution in [2.75, 3.05) is 0 Å². The van der Waals surface area contributed by atoms with E-state index in [1.54, 1.807) is 4.68 Å². The van der Waals surface area contributed by atoms with Crippen LogP contribution in [0.15, 0.2) is 34.7 Å². The molecule has 20 heavy (non-hydrogen) atoms. The summed E-state index contributed by atoms with van der Waals surface area (Å²) in [5, 5.41) is 15.7. The molecule has 0 bridgehead atoms. The van der Waals surface area contributed by atoms with Gasteiger partial charge in [0.1, 0.15) is 17.4 Å². The van der Waals surface area contributed by atoms with Crippen molar-refractivity contribution in [3.63, 3.8) is 0 Å². The maximum Gasteiger partial charge on any atom is 0.134 e. The molecule has 1 unspecified atom stereocenters. The highest BCUT2D eigenvalue weighted by molar-refractivity contribution is 5.78. The van der Waals surface area contributed by atoms with E-state index in [9.17, 15) is 5.11 Å². The molecule has 4 heteroatoms. The number of nitrogens with zero attached hydrogens (tertiary/aromatic N) is 2. The zero-order chi connectivity index (χ0) is 14.3. The Morgan fingerprint density at radius 1 is 1.25 bits per heavy atom. The Morgan fingerprint density at radius 3 is 2.75 bits per heavy atom. The number of furan rings is 1. The predicted octanol–water partition coefficient (Wildman–Crippen LogP) is 3.06. The number of aliphatic hydroxyl groups is 1. The van der Waals surface area contributed by atoms with E-state index in [1.807, 2.05) is 45.2 Å². The van der Waals surface area contributed by atoms with Crippen LogP contribution in [0.5, 0.6) is 0 Å². The fourth-order valence-electron chi connectivity index (χ4n) is 2.50. The fraction of sp³-hybridized carbons (Fsp3) is 0.312. The van der Waals surface area contributed by atoms with Crippen LogP contribution < -0.4 is 0 Å². The first-order valence-corrected chi connectivity index (χ1v) is 6.70. The third-order valence-electron chi connectivity index (χ3n) is 3.52. The Kier molecular flexibility index (Phi) is 3.10. The van der Waals surface area contributed by atoms with Crippen LogP contribution in [-0.2, 0) is 13.5 Å². The van der Waals surface area contributed by atoms with Gasteiger partial charge in [-0.2, -0.15) is 5.10 Å². The summed E-state index contributed by atoms with van der Waals surface area (Å²) >= 11 is 0. The number of hydrogen-bond donors (Lipinski definition) is 1. The minimum atomic E-state index is -0.655. The first kappa shape index (κ1) is 12.9. The molecule has 1 aromatic carbocycles. The quantitative estimate of drug-likeness (QED) is 0.795. The van der Waals surface area contributed by atoms with Crippen LogP contribution >= 0.6 is 0 Å². The minimum absolute atomic E-state index is 0.496. The molecule has 3 rings (SSSR count). The number of fused-ring (bicyclic) bond motifs is 1. The van der Waals surface area contributed by atoms with Crippen LogP contribution in [0, 0.1) is 13.8 Å². The van der Waals surface area contributed by atoms with Gasteiger partial charge < -0.3 is 9.52 Å². The molecule has 0 radical (unpaired) electrons. The van der Waals surface area contributed by atoms with Gasteiger partial charge in [0.15, 0.2) is 0 Å². The Morgan fingerprint density at radius 2 is 2.05 bits per heavy atom. The average molecular weight is 270 g/mol. The van der Waals surface area contributed by atoms with E-state index >= 15 is 0 Å². The molecule has 0 aliphatic carbocycles. The molecule has 0 aliphatic rings. The summed E-state index contributed by atoms with van der Waals surface area (Å²) in [6, 6.07) is 9.90. The largest absolute Gasteiger partial charge is 0.458 e. The molecule has 1 atom stereocenters. The van der Waals surface area contributed by atoms with Gasteiger partial charge in [-0.3, -0.25) is 4.68 Å². The summed E-state index contributed by atoms with van der Waals surface area (Å²) in [5.41, 5.74) is 3.94. The Hall–Kier alpha value is -2.07. The van der Waals surface area contributed by atoms with Crippen LogP contribution in [0.2, 0.25) is 0 Å². The smallest absolute Gasteiger partial charge is 0.134 e. The molecule has 1 N–H and O–H groups in total. The van der Waals surface area contributed by atoms with E-state index in [0.717, 1.165) is 22.4 Å². The van der Waals surface area contributed by atoms with Gasteiger partial charge in [0, 0.05) is 24.5 Å². The molecule has 104 valence electrons. The van der Waals surface area contributed by atoms with Gasteiger partial charge in [0.05, 0.1) is 5.69 Å². The summed E-state index contributed by atoms with van der Waals surface area (Å²) in [7, 11) is 1.89. The lowest BCUT2D eigenvalue weighted by molar-refractivity contribution is 0.150. The second-order valence-corrected chi connectivity index (χ2v) is 5.31. The molecule has 4 nitrogen and oxygen atoms in total. The van der Waals surface area contributed by atoms with E-state index < -0.39 is 6.10 Å². The van der Waals surface area contributed by atoms with Crippen LogP contribution in [0.25, 0.3) is 11.0 Å². The lowest BCUT2D eigenvalue weighted by atomic mass is 10.1. The highest BCUT2D eigenvalue weighted by atomic mass is 16.4. The molecule has 3 aromatic rings. The van der Waals surface area contributed by atoms with Gasteiger partial charge in [-0.1, -0.05) is 11.6 Å². The molecule has 0 aliphatic heterocycles. The Labute approximate surface area is 117 Å². The van der Waals surface area contributed by atoms with E-state index in [2.05, 4.69) is 11.2 Å². The maximum absolute atomic E-state index is 10.3. The maximum atomic E-state index is 10.3. The number of aromatic nitrogens is 2. The molecule has 0 spiro atoms. The van der Waals surface area contributed by atoms with Gasteiger partial charge in [-0.15, -0.1) is 0 Å². The molecular weight excluding hydrogens is 252 g/mol. The second-order valence-electron chi connectivity index (χ2n) is 5.31. The highest BCUT2D eigenvalue weighted by Crippen LogP contribution is 2.26. The first-order valence-electron chi connectivity index (χ1n) is 6.70. The van der Waals surface area contributed by atoms with Gasteiger partial charge in [0.2, 0.25) is 0 Å². The minimum Gasteiger partial charge on any atom is -0.458 e. The molecule has 0 amide bonds. The molecular formula is C16H18N2O2. The summed E-state index contributed by atoms with van der Waals surface area (Å²) < 4.78 is 7.52. The SMILES string of the molecule is Cc1ccc2oc(C(O)Cc3cc(C)nn3C)cc2c1. The van der Waals surface area contributed by atoms with Gasteiger partial charge in [0.25, 0.3) is 0 Å². The van der Waals surface area contributed by atoms with Crippen LogP contribution in [0.4, 0.5) is 0 Å². The van der Waals surface area contributed by atoms with Crippen molar-refractivity contribution in [1.82, 2.24) is 9.78 Å². The Balaban J connectivity index is 1.88. The molecule has 0 saturated heterocycles. The highest BCUT2D eigenvalue weighted by Gasteiger charge is 2.16. The summed E-state index contributed by atoms with van der Waals surface area (Å²) in [6.45, 7) is 3.99. The Bertz CT molecular complexity index is 755. The van der Waals surface area contributed by atoms with E-state index in [4.69, 9.17) is 4.42 Å². The monoisotopic (exact) mass is 270 g/mol. The van der Waals surface area contributed by atoms with Crippen molar-refractivity contribution < 1.29 is 9.52 Å². The van der Waals surface area contributed by atoms with Crippen molar-refractivity contribution in [1.29, 1.82) is 0 Å². The summed E-state index contributed by atoms with van der Waals surface area (Å²) in [6.07, 6.45) is -0.159. The molecule has 2 aromatic heterocycles.